The van der Waals surface area contributed by atoms with Crippen molar-refractivity contribution in [3.63, 3.8) is 0 Å². The van der Waals surface area contributed by atoms with Crippen molar-refractivity contribution in [2.45, 2.75) is 0 Å². The second-order valence-electron chi connectivity index (χ2n) is 4.03. The average Bonchev–Trinajstić information content (AvgIpc) is 1.97. The molecule has 0 aliphatic rings. The summed E-state index contributed by atoms with van der Waals surface area (Å²) < 4.78 is 0. The Balaban J connectivity index is 4.40. The van der Waals surface area contributed by atoms with Crippen LogP contribution >= 0.6 is 0 Å². The van der Waals surface area contributed by atoms with Crippen molar-refractivity contribution in [1.29, 1.82) is 0 Å². The SMILES string of the molecule is CN(C)C=NC(=CN(C)C)CN(C)C. The molecular weight excluding hydrogens is 176 g/mol. The van der Waals surface area contributed by atoms with Gasteiger partial charge < -0.3 is 14.7 Å². The van der Waals surface area contributed by atoms with Crippen molar-refractivity contribution >= 4 is 6.34 Å². The first-order valence-electron chi connectivity index (χ1n) is 4.64. The summed E-state index contributed by atoms with van der Waals surface area (Å²) in [6, 6.07) is 0. The van der Waals surface area contributed by atoms with E-state index in [4.69, 9.17) is 0 Å². The van der Waals surface area contributed by atoms with Crippen LogP contribution in [0.25, 0.3) is 0 Å². The van der Waals surface area contributed by atoms with E-state index in [1.807, 2.05) is 64.6 Å². The summed E-state index contributed by atoms with van der Waals surface area (Å²) in [7, 11) is 12.0. The van der Waals surface area contributed by atoms with E-state index in [1.165, 1.54) is 0 Å². The van der Waals surface area contributed by atoms with Gasteiger partial charge in [0.15, 0.2) is 0 Å². The summed E-state index contributed by atoms with van der Waals surface area (Å²) in [6.07, 6.45) is 3.85. The lowest BCUT2D eigenvalue weighted by atomic mass is 10.4. The number of hydrogen-bond donors (Lipinski definition) is 0. The molecule has 0 unspecified atom stereocenters. The molecule has 0 saturated carbocycles. The van der Waals surface area contributed by atoms with Crippen LogP contribution in [0.1, 0.15) is 0 Å². The van der Waals surface area contributed by atoms with Gasteiger partial charge in [-0.05, 0) is 14.1 Å². The van der Waals surface area contributed by atoms with Crippen LogP contribution in [0.4, 0.5) is 0 Å². The number of rotatable bonds is 5. The van der Waals surface area contributed by atoms with Crippen molar-refractivity contribution in [3.05, 3.63) is 11.9 Å². The maximum atomic E-state index is 4.38. The van der Waals surface area contributed by atoms with Gasteiger partial charge in [0, 0.05) is 40.9 Å². The van der Waals surface area contributed by atoms with Gasteiger partial charge in [-0.3, -0.25) is 0 Å². The Kier molecular flexibility index (Phi) is 5.95. The minimum absolute atomic E-state index is 0.850. The van der Waals surface area contributed by atoms with E-state index in [1.54, 1.807) is 0 Å². The predicted molar refractivity (Wildman–Crippen MR) is 62.5 cm³/mol. The molecule has 82 valence electrons. The molecule has 0 amide bonds. The van der Waals surface area contributed by atoms with Crippen molar-refractivity contribution in [1.82, 2.24) is 14.7 Å². The lowest BCUT2D eigenvalue weighted by molar-refractivity contribution is 0.436. The van der Waals surface area contributed by atoms with Crippen LogP contribution < -0.4 is 0 Å². The summed E-state index contributed by atoms with van der Waals surface area (Å²) in [5.41, 5.74) is 1.05. The molecule has 0 saturated heterocycles. The van der Waals surface area contributed by atoms with Gasteiger partial charge in [0.05, 0.1) is 12.0 Å². The minimum atomic E-state index is 0.850. The molecule has 0 aliphatic carbocycles. The Morgan fingerprint density at radius 2 is 1.57 bits per heavy atom. The molecule has 0 aromatic rings. The number of hydrogen-bond acceptors (Lipinski definition) is 3. The predicted octanol–water partition coefficient (Wildman–Crippen LogP) is 0.541. The van der Waals surface area contributed by atoms with Crippen LogP contribution in [-0.2, 0) is 0 Å². The highest BCUT2D eigenvalue weighted by molar-refractivity contribution is 5.55. The molecule has 0 radical (unpaired) electrons. The Morgan fingerprint density at radius 1 is 1.00 bits per heavy atom. The lowest BCUT2D eigenvalue weighted by Crippen LogP contribution is -2.17. The Morgan fingerprint density at radius 3 is 1.93 bits per heavy atom. The Bertz CT molecular complexity index is 204. The van der Waals surface area contributed by atoms with Crippen molar-refractivity contribution in [2.75, 3.05) is 48.8 Å². The number of aliphatic imine (C=N–C) groups is 1. The zero-order valence-corrected chi connectivity index (χ0v) is 10.2. The fourth-order valence-corrected chi connectivity index (χ4v) is 0.927. The molecule has 0 atom stereocenters. The smallest absolute Gasteiger partial charge is 0.0904 e. The Labute approximate surface area is 87.5 Å². The maximum Gasteiger partial charge on any atom is 0.0904 e. The van der Waals surface area contributed by atoms with E-state index in [0.29, 0.717) is 0 Å². The van der Waals surface area contributed by atoms with Gasteiger partial charge in [-0.1, -0.05) is 0 Å². The van der Waals surface area contributed by atoms with E-state index in [-0.39, 0.29) is 0 Å². The topological polar surface area (TPSA) is 22.1 Å². The van der Waals surface area contributed by atoms with Crippen LogP contribution in [0.3, 0.4) is 0 Å². The quantitative estimate of drug-likeness (QED) is 0.475. The summed E-state index contributed by atoms with van der Waals surface area (Å²) in [4.78, 5) is 10.4. The highest BCUT2D eigenvalue weighted by Crippen LogP contribution is 1.98. The molecule has 0 aromatic carbocycles. The second-order valence-corrected chi connectivity index (χ2v) is 4.03. The fourth-order valence-electron chi connectivity index (χ4n) is 0.927. The summed E-state index contributed by atoms with van der Waals surface area (Å²) in [5.74, 6) is 0. The molecule has 0 spiro atoms. The van der Waals surface area contributed by atoms with Crippen molar-refractivity contribution in [3.8, 4) is 0 Å². The third-order valence-electron chi connectivity index (χ3n) is 1.34. The van der Waals surface area contributed by atoms with Gasteiger partial charge in [0.25, 0.3) is 0 Å². The second kappa shape index (κ2) is 6.43. The first-order chi connectivity index (χ1) is 6.41. The summed E-state index contributed by atoms with van der Waals surface area (Å²) in [5, 5.41) is 0. The van der Waals surface area contributed by atoms with E-state index in [9.17, 15) is 0 Å². The van der Waals surface area contributed by atoms with Crippen LogP contribution in [-0.4, -0.2) is 69.9 Å². The molecule has 0 heterocycles. The summed E-state index contributed by atoms with van der Waals surface area (Å²) >= 11 is 0. The molecule has 0 rings (SSSR count). The maximum absolute atomic E-state index is 4.38. The standard InChI is InChI=1S/C10H22N4/c1-12(2)7-10(8-13(3)4)11-9-14(5)6/h7,9H,8H2,1-6H3. The molecule has 0 aromatic heterocycles. The first-order valence-corrected chi connectivity index (χ1v) is 4.64. The first kappa shape index (κ1) is 13.0. The van der Waals surface area contributed by atoms with E-state index >= 15 is 0 Å². The molecule has 0 bridgehead atoms. The van der Waals surface area contributed by atoms with Gasteiger partial charge in [-0.15, -0.1) is 0 Å². The largest absolute Gasteiger partial charge is 0.382 e. The van der Waals surface area contributed by atoms with Crippen LogP contribution in [0, 0.1) is 0 Å². The highest BCUT2D eigenvalue weighted by Gasteiger charge is 1.97. The van der Waals surface area contributed by atoms with E-state index in [0.717, 1.165) is 12.2 Å². The molecule has 0 fully saturated rings. The minimum Gasteiger partial charge on any atom is -0.382 e. The normalized spacial score (nSPS) is 12.6. The zero-order chi connectivity index (χ0) is 11.1. The third kappa shape index (κ3) is 7.61. The number of nitrogens with zero attached hydrogens (tertiary/aromatic N) is 4. The lowest BCUT2D eigenvalue weighted by Gasteiger charge is -2.13. The van der Waals surface area contributed by atoms with Crippen LogP contribution in [0.2, 0.25) is 0 Å². The molecular formula is C10H22N4. The molecule has 0 aliphatic heterocycles. The number of likely N-dealkylation sites (N-methyl/N-ethyl adjacent to an activating group) is 1. The monoisotopic (exact) mass is 198 g/mol. The van der Waals surface area contributed by atoms with Gasteiger partial charge in [-0.25, -0.2) is 4.99 Å². The van der Waals surface area contributed by atoms with Gasteiger partial charge >= 0.3 is 0 Å². The third-order valence-corrected chi connectivity index (χ3v) is 1.34. The van der Waals surface area contributed by atoms with Crippen LogP contribution in [0.15, 0.2) is 16.9 Å². The van der Waals surface area contributed by atoms with Gasteiger partial charge in [-0.2, -0.15) is 0 Å². The average molecular weight is 198 g/mol. The summed E-state index contributed by atoms with van der Waals surface area (Å²) in [6.45, 7) is 0.850. The van der Waals surface area contributed by atoms with Gasteiger partial charge in [0.2, 0.25) is 0 Å². The molecule has 4 nitrogen and oxygen atoms in total. The van der Waals surface area contributed by atoms with Crippen LogP contribution in [0.5, 0.6) is 0 Å². The highest BCUT2D eigenvalue weighted by atomic mass is 15.1. The van der Waals surface area contributed by atoms with E-state index < -0.39 is 0 Å². The fraction of sp³-hybridized carbons (Fsp3) is 0.700. The van der Waals surface area contributed by atoms with Crippen molar-refractivity contribution < 1.29 is 0 Å². The molecule has 0 N–H and O–H groups in total. The Hall–Kier alpha value is -1.03. The van der Waals surface area contributed by atoms with E-state index in [2.05, 4.69) is 9.89 Å². The molecule has 14 heavy (non-hydrogen) atoms. The van der Waals surface area contributed by atoms with Gasteiger partial charge in [0.1, 0.15) is 0 Å². The molecule has 4 heteroatoms. The van der Waals surface area contributed by atoms with Crippen molar-refractivity contribution in [2.24, 2.45) is 4.99 Å². The zero-order valence-electron chi connectivity index (χ0n) is 10.2.